The molecular weight excluding hydrogens is 320 g/mol. The molecule has 5 nitrogen and oxygen atoms in total. The Morgan fingerprint density at radius 1 is 1.36 bits per heavy atom. The molecule has 1 N–H and O–H groups in total. The first-order valence-corrected chi connectivity index (χ1v) is 8.49. The van der Waals surface area contributed by atoms with Crippen LogP contribution in [0.25, 0.3) is 10.8 Å². The lowest BCUT2D eigenvalue weighted by molar-refractivity contribution is 0.190. The Morgan fingerprint density at radius 3 is 3.05 bits per heavy atom. The van der Waals surface area contributed by atoms with Gasteiger partial charge in [0.2, 0.25) is 0 Å². The van der Waals surface area contributed by atoms with Gasteiger partial charge in [-0.2, -0.15) is 4.98 Å². The summed E-state index contributed by atoms with van der Waals surface area (Å²) < 4.78 is 5.52. The van der Waals surface area contributed by atoms with Gasteiger partial charge in [-0.15, -0.1) is 23.7 Å². The number of hydrogen-bond acceptors (Lipinski definition) is 6. The lowest BCUT2D eigenvalue weighted by Crippen LogP contribution is -2.44. The Bertz CT molecular complexity index is 618. The second-order valence-corrected chi connectivity index (χ2v) is 7.06. The maximum Gasteiger partial charge on any atom is 0.268 e. The van der Waals surface area contributed by atoms with Crippen LogP contribution in [-0.2, 0) is 12.8 Å². The standard InChI is InChI=1S/C15H20N4OS.ClH/c1-19-7-6-16-9-11(19)14-17-15(20-18-14)13-8-10-4-2-3-5-12(10)21-13;/h8,11,16H,2-7,9H2,1H3;1H. The number of nitrogens with zero attached hydrogens (tertiary/aromatic N) is 3. The second kappa shape index (κ2) is 6.66. The lowest BCUT2D eigenvalue weighted by Gasteiger charge is -2.30. The van der Waals surface area contributed by atoms with Crippen LogP contribution in [-0.4, -0.2) is 41.7 Å². The smallest absolute Gasteiger partial charge is 0.268 e. The van der Waals surface area contributed by atoms with Gasteiger partial charge < -0.3 is 9.84 Å². The van der Waals surface area contributed by atoms with Gasteiger partial charge in [0.25, 0.3) is 5.89 Å². The fourth-order valence-electron chi connectivity index (χ4n) is 3.16. The molecule has 1 saturated heterocycles. The topological polar surface area (TPSA) is 54.2 Å². The largest absolute Gasteiger partial charge is 0.333 e. The molecule has 0 saturated carbocycles. The van der Waals surface area contributed by atoms with Crippen molar-refractivity contribution in [2.24, 2.45) is 0 Å². The number of hydrogen-bond donors (Lipinski definition) is 1. The molecule has 7 heteroatoms. The fraction of sp³-hybridized carbons (Fsp3) is 0.600. The molecule has 2 aromatic heterocycles. The zero-order valence-corrected chi connectivity index (χ0v) is 14.3. The minimum absolute atomic E-state index is 0. The molecule has 0 spiro atoms. The molecule has 120 valence electrons. The summed E-state index contributed by atoms with van der Waals surface area (Å²) in [5.74, 6) is 1.48. The fourth-order valence-corrected chi connectivity index (χ4v) is 4.34. The van der Waals surface area contributed by atoms with E-state index in [4.69, 9.17) is 4.52 Å². The van der Waals surface area contributed by atoms with E-state index in [0.29, 0.717) is 5.89 Å². The van der Waals surface area contributed by atoms with E-state index in [1.54, 1.807) is 0 Å². The number of likely N-dealkylation sites (N-methyl/N-ethyl adjacent to an activating group) is 1. The lowest BCUT2D eigenvalue weighted by atomic mass is 9.99. The van der Waals surface area contributed by atoms with Gasteiger partial charge in [-0.05, 0) is 44.4 Å². The first-order chi connectivity index (χ1) is 10.3. The minimum Gasteiger partial charge on any atom is -0.333 e. The number of thiophene rings is 1. The van der Waals surface area contributed by atoms with Gasteiger partial charge in [-0.25, -0.2) is 0 Å². The van der Waals surface area contributed by atoms with Crippen LogP contribution in [0, 0.1) is 0 Å². The van der Waals surface area contributed by atoms with Crippen molar-refractivity contribution in [1.82, 2.24) is 20.4 Å². The van der Waals surface area contributed by atoms with Crippen molar-refractivity contribution in [3.63, 3.8) is 0 Å². The number of aromatic nitrogens is 2. The van der Waals surface area contributed by atoms with Crippen LogP contribution in [0.1, 0.15) is 35.1 Å². The Labute approximate surface area is 140 Å². The van der Waals surface area contributed by atoms with Crippen molar-refractivity contribution >= 4 is 23.7 Å². The molecule has 3 heterocycles. The molecule has 0 radical (unpaired) electrons. The van der Waals surface area contributed by atoms with Crippen molar-refractivity contribution in [2.75, 3.05) is 26.7 Å². The van der Waals surface area contributed by atoms with Crippen molar-refractivity contribution in [2.45, 2.75) is 31.7 Å². The molecule has 0 amide bonds. The Morgan fingerprint density at radius 2 is 2.23 bits per heavy atom. The molecule has 2 aromatic rings. The van der Waals surface area contributed by atoms with Crippen LogP contribution >= 0.6 is 23.7 Å². The zero-order valence-electron chi connectivity index (χ0n) is 12.7. The number of fused-ring (bicyclic) bond motifs is 1. The Hall–Kier alpha value is -0.950. The molecule has 22 heavy (non-hydrogen) atoms. The van der Waals surface area contributed by atoms with Gasteiger partial charge in [0.05, 0.1) is 10.9 Å². The third-order valence-electron chi connectivity index (χ3n) is 4.46. The number of halogens is 1. The number of piperazine rings is 1. The normalized spacial score (nSPS) is 22.1. The van der Waals surface area contributed by atoms with Crippen LogP contribution in [0.5, 0.6) is 0 Å². The molecule has 2 aliphatic rings. The molecule has 0 bridgehead atoms. The van der Waals surface area contributed by atoms with E-state index in [2.05, 4.69) is 33.5 Å². The van der Waals surface area contributed by atoms with Crippen LogP contribution in [0.3, 0.4) is 0 Å². The molecule has 1 unspecified atom stereocenters. The van der Waals surface area contributed by atoms with Gasteiger partial charge in [0.1, 0.15) is 0 Å². The third kappa shape index (κ3) is 2.93. The van der Waals surface area contributed by atoms with E-state index < -0.39 is 0 Å². The number of rotatable bonds is 2. The summed E-state index contributed by atoms with van der Waals surface area (Å²) in [6, 6.07) is 2.46. The van der Waals surface area contributed by atoms with E-state index in [1.165, 1.54) is 36.1 Å². The van der Waals surface area contributed by atoms with Crippen LogP contribution in [0.4, 0.5) is 0 Å². The van der Waals surface area contributed by atoms with Gasteiger partial charge in [0, 0.05) is 24.5 Å². The molecule has 4 rings (SSSR count). The summed E-state index contributed by atoms with van der Waals surface area (Å²) in [6.07, 6.45) is 5.01. The molecule has 1 atom stereocenters. The number of nitrogens with one attached hydrogen (secondary N) is 1. The van der Waals surface area contributed by atoms with Crippen molar-refractivity contribution in [3.8, 4) is 10.8 Å². The summed E-state index contributed by atoms with van der Waals surface area (Å²) in [7, 11) is 2.12. The first-order valence-electron chi connectivity index (χ1n) is 7.68. The van der Waals surface area contributed by atoms with E-state index in [-0.39, 0.29) is 18.4 Å². The van der Waals surface area contributed by atoms with E-state index in [1.807, 2.05) is 11.3 Å². The average molecular weight is 341 g/mol. The summed E-state index contributed by atoms with van der Waals surface area (Å²) >= 11 is 1.82. The van der Waals surface area contributed by atoms with Gasteiger partial charge in [0.15, 0.2) is 5.82 Å². The monoisotopic (exact) mass is 340 g/mol. The molecule has 0 aromatic carbocycles. The quantitative estimate of drug-likeness (QED) is 0.911. The predicted octanol–water partition coefficient (Wildman–Crippen LogP) is 2.67. The highest BCUT2D eigenvalue weighted by Gasteiger charge is 2.26. The van der Waals surface area contributed by atoms with Crippen molar-refractivity contribution in [1.29, 1.82) is 0 Å². The summed E-state index contributed by atoms with van der Waals surface area (Å²) in [4.78, 5) is 9.57. The molecule has 1 fully saturated rings. The van der Waals surface area contributed by atoms with Crippen molar-refractivity contribution in [3.05, 3.63) is 22.3 Å². The van der Waals surface area contributed by atoms with E-state index in [0.717, 1.165) is 30.3 Å². The maximum absolute atomic E-state index is 5.52. The Balaban J connectivity index is 0.00000144. The number of aryl methyl sites for hydroxylation is 2. The highest BCUT2D eigenvalue weighted by Crippen LogP contribution is 2.35. The molecule has 1 aliphatic carbocycles. The Kier molecular flexibility index (Phi) is 4.82. The van der Waals surface area contributed by atoms with E-state index in [9.17, 15) is 0 Å². The SMILES string of the molecule is CN1CCNCC1c1noc(-c2cc3c(s2)CCCC3)n1.Cl. The third-order valence-corrected chi connectivity index (χ3v) is 5.68. The van der Waals surface area contributed by atoms with Gasteiger partial charge >= 0.3 is 0 Å². The maximum atomic E-state index is 5.52. The van der Waals surface area contributed by atoms with Crippen LogP contribution in [0.15, 0.2) is 10.6 Å². The highest BCUT2D eigenvalue weighted by molar-refractivity contribution is 7.15. The summed E-state index contributed by atoms with van der Waals surface area (Å²) in [6.45, 7) is 2.92. The highest BCUT2D eigenvalue weighted by atomic mass is 35.5. The van der Waals surface area contributed by atoms with Crippen LogP contribution < -0.4 is 5.32 Å². The average Bonchev–Trinajstić information content (AvgIpc) is 3.14. The van der Waals surface area contributed by atoms with Gasteiger partial charge in [-0.1, -0.05) is 5.16 Å². The summed E-state index contributed by atoms with van der Waals surface area (Å²) in [5.41, 5.74) is 1.48. The second-order valence-electron chi connectivity index (χ2n) is 5.92. The minimum atomic E-state index is 0. The van der Waals surface area contributed by atoms with Crippen LogP contribution in [0.2, 0.25) is 0 Å². The van der Waals surface area contributed by atoms with E-state index >= 15 is 0 Å². The summed E-state index contributed by atoms with van der Waals surface area (Å²) in [5, 5.41) is 7.60. The van der Waals surface area contributed by atoms with Crippen molar-refractivity contribution < 1.29 is 4.52 Å². The molecule has 1 aliphatic heterocycles. The first kappa shape index (κ1) is 15.9. The zero-order chi connectivity index (χ0) is 14.2. The predicted molar refractivity (Wildman–Crippen MR) is 89.7 cm³/mol. The molecular formula is C15H21ClN4OS. The van der Waals surface area contributed by atoms with Gasteiger partial charge in [-0.3, -0.25) is 4.90 Å².